The van der Waals surface area contributed by atoms with Crippen LogP contribution in [0.4, 0.5) is 5.69 Å². The molecule has 0 radical (unpaired) electrons. The van der Waals surface area contributed by atoms with Gasteiger partial charge in [0.2, 0.25) is 5.91 Å². The fourth-order valence-electron chi connectivity index (χ4n) is 3.23. The van der Waals surface area contributed by atoms with Crippen LogP contribution < -0.4 is 5.32 Å². The third-order valence-electron chi connectivity index (χ3n) is 5.00. The zero-order valence-corrected chi connectivity index (χ0v) is 16.4. The number of carbonyl (C=O) groups is 2. The summed E-state index contributed by atoms with van der Waals surface area (Å²) in [6.45, 7) is 6.38. The Morgan fingerprint density at radius 2 is 1.74 bits per heavy atom. The van der Waals surface area contributed by atoms with E-state index in [9.17, 15) is 9.59 Å². The average Bonchev–Trinajstić information content (AvgIpc) is 2.68. The van der Waals surface area contributed by atoms with Crippen molar-refractivity contribution in [3.05, 3.63) is 64.7 Å². The fraction of sp³-hybridized carbons (Fsp3) is 0.333. The standard InChI is InChI=1S/C21H24ClN3O2/c1-15-6-3-4-9-19(15)23-20(26)16(2)24-10-12-25(13-11-24)21(27)17-7-5-8-18(22)14-17/h3-9,14,16H,10-13H2,1-2H3,(H,23,26). The lowest BCUT2D eigenvalue weighted by Gasteiger charge is -2.37. The first-order valence-electron chi connectivity index (χ1n) is 9.11. The maximum Gasteiger partial charge on any atom is 0.253 e. The molecule has 0 aromatic heterocycles. The molecule has 0 aliphatic carbocycles. The van der Waals surface area contributed by atoms with Crippen molar-refractivity contribution in [1.29, 1.82) is 0 Å². The summed E-state index contributed by atoms with van der Waals surface area (Å²) in [6.07, 6.45) is 0. The normalized spacial score (nSPS) is 16.0. The molecule has 1 fully saturated rings. The summed E-state index contributed by atoms with van der Waals surface area (Å²) in [7, 11) is 0. The summed E-state index contributed by atoms with van der Waals surface area (Å²) >= 11 is 5.98. The molecule has 1 heterocycles. The first-order chi connectivity index (χ1) is 13.0. The van der Waals surface area contributed by atoms with Crippen molar-refractivity contribution in [2.45, 2.75) is 19.9 Å². The van der Waals surface area contributed by atoms with E-state index in [1.54, 1.807) is 24.3 Å². The number of amides is 2. The number of halogens is 1. The fourth-order valence-corrected chi connectivity index (χ4v) is 3.42. The van der Waals surface area contributed by atoms with Gasteiger partial charge in [-0.05, 0) is 43.7 Å². The molecule has 1 atom stereocenters. The zero-order valence-electron chi connectivity index (χ0n) is 15.6. The van der Waals surface area contributed by atoms with Crippen LogP contribution in [0.25, 0.3) is 0 Å². The summed E-state index contributed by atoms with van der Waals surface area (Å²) in [5.41, 5.74) is 2.47. The molecular weight excluding hydrogens is 362 g/mol. The van der Waals surface area contributed by atoms with Crippen LogP contribution in [-0.2, 0) is 4.79 Å². The third-order valence-corrected chi connectivity index (χ3v) is 5.24. The summed E-state index contributed by atoms with van der Waals surface area (Å²) < 4.78 is 0. The highest BCUT2D eigenvalue weighted by Crippen LogP contribution is 2.17. The van der Waals surface area contributed by atoms with E-state index >= 15 is 0 Å². The maximum atomic E-state index is 12.6. The Bertz CT molecular complexity index is 832. The van der Waals surface area contributed by atoms with Crippen LogP contribution in [0.2, 0.25) is 5.02 Å². The molecule has 0 spiro atoms. The highest BCUT2D eigenvalue weighted by atomic mass is 35.5. The largest absolute Gasteiger partial charge is 0.336 e. The molecule has 1 N–H and O–H groups in total. The van der Waals surface area contributed by atoms with Crippen LogP contribution in [0.1, 0.15) is 22.8 Å². The predicted molar refractivity (Wildman–Crippen MR) is 108 cm³/mol. The van der Waals surface area contributed by atoms with E-state index in [1.807, 2.05) is 43.0 Å². The molecule has 142 valence electrons. The molecule has 1 saturated heterocycles. The molecule has 0 bridgehead atoms. The Morgan fingerprint density at radius 1 is 1.04 bits per heavy atom. The molecule has 1 aliphatic rings. The van der Waals surface area contributed by atoms with Crippen LogP contribution >= 0.6 is 11.6 Å². The second kappa shape index (κ2) is 8.55. The van der Waals surface area contributed by atoms with Crippen molar-refractivity contribution in [1.82, 2.24) is 9.80 Å². The molecular formula is C21H24ClN3O2. The van der Waals surface area contributed by atoms with Crippen LogP contribution in [0.3, 0.4) is 0 Å². The monoisotopic (exact) mass is 385 g/mol. The number of carbonyl (C=O) groups excluding carboxylic acids is 2. The molecule has 2 amide bonds. The minimum atomic E-state index is -0.256. The number of hydrogen-bond donors (Lipinski definition) is 1. The lowest BCUT2D eigenvalue weighted by molar-refractivity contribution is -0.121. The summed E-state index contributed by atoms with van der Waals surface area (Å²) in [4.78, 5) is 29.1. The van der Waals surface area contributed by atoms with E-state index < -0.39 is 0 Å². The van der Waals surface area contributed by atoms with Gasteiger partial charge in [0.1, 0.15) is 0 Å². The zero-order chi connectivity index (χ0) is 19.4. The van der Waals surface area contributed by atoms with Gasteiger partial charge in [0.05, 0.1) is 6.04 Å². The minimum Gasteiger partial charge on any atom is -0.336 e. The number of hydrogen-bond acceptors (Lipinski definition) is 3. The molecule has 3 rings (SSSR count). The Morgan fingerprint density at radius 3 is 2.41 bits per heavy atom. The number of para-hydroxylation sites is 1. The van der Waals surface area contributed by atoms with Gasteiger partial charge >= 0.3 is 0 Å². The SMILES string of the molecule is Cc1ccccc1NC(=O)C(C)N1CCN(C(=O)c2cccc(Cl)c2)CC1. The molecule has 2 aromatic carbocycles. The van der Waals surface area contributed by atoms with E-state index in [2.05, 4.69) is 10.2 Å². The van der Waals surface area contributed by atoms with E-state index in [4.69, 9.17) is 11.6 Å². The van der Waals surface area contributed by atoms with Crippen LogP contribution in [-0.4, -0.2) is 53.8 Å². The lowest BCUT2D eigenvalue weighted by Crippen LogP contribution is -2.54. The van der Waals surface area contributed by atoms with Crippen molar-refractivity contribution in [2.75, 3.05) is 31.5 Å². The van der Waals surface area contributed by atoms with Crippen molar-refractivity contribution >= 4 is 29.1 Å². The topological polar surface area (TPSA) is 52.7 Å². The van der Waals surface area contributed by atoms with Gasteiger partial charge in [0.25, 0.3) is 5.91 Å². The van der Waals surface area contributed by atoms with Crippen molar-refractivity contribution in [3.63, 3.8) is 0 Å². The Labute approximate surface area is 164 Å². The first-order valence-corrected chi connectivity index (χ1v) is 9.49. The number of rotatable bonds is 4. The van der Waals surface area contributed by atoms with E-state index in [0.29, 0.717) is 36.8 Å². The number of nitrogens with one attached hydrogen (secondary N) is 1. The lowest BCUT2D eigenvalue weighted by atomic mass is 10.1. The minimum absolute atomic E-state index is 0.0193. The molecule has 6 heteroatoms. The number of nitrogens with zero attached hydrogens (tertiary/aromatic N) is 2. The Kier molecular flexibility index (Phi) is 6.14. The first kappa shape index (κ1) is 19.4. The predicted octanol–water partition coefficient (Wildman–Crippen LogP) is 3.43. The van der Waals surface area contributed by atoms with Crippen LogP contribution in [0, 0.1) is 6.92 Å². The molecule has 27 heavy (non-hydrogen) atoms. The van der Waals surface area contributed by atoms with Crippen molar-refractivity contribution in [3.8, 4) is 0 Å². The molecule has 1 unspecified atom stereocenters. The summed E-state index contributed by atoms with van der Waals surface area (Å²) in [5.74, 6) is -0.0481. The van der Waals surface area contributed by atoms with Gasteiger partial charge in [-0.15, -0.1) is 0 Å². The second-order valence-electron chi connectivity index (χ2n) is 6.82. The van der Waals surface area contributed by atoms with Crippen molar-refractivity contribution < 1.29 is 9.59 Å². The Hall–Kier alpha value is -2.37. The maximum absolute atomic E-state index is 12.6. The second-order valence-corrected chi connectivity index (χ2v) is 7.26. The Balaban J connectivity index is 1.56. The van der Waals surface area contributed by atoms with Gasteiger partial charge in [-0.3, -0.25) is 14.5 Å². The molecule has 5 nitrogen and oxygen atoms in total. The number of aryl methyl sites for hydroxylation is 1. The van der Waals surface area contributed by atoms with E-state index in [1.165, 1.54) is 0 Å². The quantitative estimate of drug-likeness (QED) is 0.877. The van der Waals surface area contributed by atoms with Crippen LogP contribution in [0.5, 0.6) is 0 Å². The number of anilines is 1. The highest BCUT2D eigenvalue weighted by molar-refractivity contribution is 6.30. The van der Waals surface area contributed by atoms with Gasteiger partial charge in [-0.1, -0.05) is 35.9 Å². The molecule has 1 aliphatic heterocycles. The van der Waals surface area contributed by atoms with Crippen molar-refractivity contribution in [2.24, 2.45) is 0 Å². The van der Waals surface area contributed by atoms with Crippen LogP contribution in [0.15, 0.2) is 48.5 Å². The van der Waals surface area contributed by atoms with E-state index in [0.717, 1.165) is 11.3 Å². The highest BCUT2D eigenvalue weighted by Gasteiger charge is 2.28. The summed E-state index contributed by atoms with van der Waals surface area (Å²) in [5, 5.41) is 3.55. The number of piperazine rings is 1. The smallest absolute Gasteiger partial charge is 0.253 e. The third kappa shape index (κ3) is 4.67. The average molecular weight is 386 g/mol. The van der Waals surface area contributed by atoms with Gasteiger partial charge < -0.3 is 10.2 Å². The van der Waals surface area contributed by atoms with E-state index in [-0.39, 0.29) is 17.9 Å². The number of benzene rings is 2. The summed E-state index contributed by atoms with van der Waals surface area (Å²) in [6, 6.07) is 14.5. The van der Waals surface area contributed by atoms with Gasteiger partial charge in [0, 0.05) is 42.5 Å². The molecule has 0 saturated carbocycles. The van der Waals surface area contributed by atoms with Gasteiger partial charge in [-0.2, -0.15) is 0 Å². The molecule has 2 aromatic rings. The van der Waals surface area contributed by atoms with Gasteiger partial charge in [-0.25, -0.2) is 0 Å². The van der Waals surface area contributed by atoms with Gasteiger partial charge in [0.15, 0.2) is 0 Å².